The lowest BCUT2D eigenvalue weighted by Gasteiger charge is -2.42. The van der Waals surface area contributed by atoms with Crippen molar-refractivity contribution in [2.24, 2.45) is 0 Å². The average molecular weight is 392 g/mol. The van der Waals surface area contributed by atoms with E-state index in [1.165, 1.54) is 11.9 Å². The Morgan fingerprint density at radius 2 is 1.79 bits per heavy atom. The van der Waals surface area contributed by atoms with Gasteiger partial charge in [-0.15, -0.1) is 0 Å². The molecule has 150 valence electrons. The van der Waals surface area contributed by atoms with Crippen molar-refractivity contribution in [1.29, 1.82) is 0 Å². The zero-order valence-corrected chi connectivity index (χ0v) is 16.7. The van der Waals surface area contributed by atoms with Crippen LogP contribution in [0.3, 0.4) is 0 Å². The Balaban J connectivity index is 1.56. The first-order chi connectivity index (χ1) is 13.9. The van der Waals surface area contributed by atoms with Gasteiger partial charge in [-0.3, -0.25) is 19.5 Å². The summed E-state index contributed by atoms with van der Waals surface area (Å²) in [7, 11) is 1.54. The molecule has 0 N–H and O–H groups in total. The van der Waals surface area contributed by atoms with Gasteiger partial charge in [0, 0.05) is 39.1 Å². The maximum absolute atomic E-state index is 13.0. The van der Waals surface area contributed by atoms with E-state index in [1.807, 2.05) is 43.3 Å². The molecule has 3 heterocycles. The molecule has 0 bridgehead atoms. The lowest BCUT2D eigenvalue weighted by atomic mass is 9.85. The Morgan fingerprint density at radius 3 is 2.45 bits per heavy atom. The topological polar surface area (TPSA) is 73.8 Å². The standard InChI is InChI=1S/C22H24N4O3/c1-16-8-11-23-14-18(16)19(27)25-12-9-22(10-13-25)20(28)24(2)21(29)26(22)15-17-6-4-3-5-7-17/h3-8,11,14H,9-10,12-13,15H2,1-2H3. The number of piperidine rings is 1. The van der Waals surface area contributed by atoms with Crippen LogP contribution in [0.1, 0.15) is 34.3 Å². The SMILES string of the molecule is Cc1ccncc1C(=O)N1CCC2(CC1)C(=O)N(C)C(=O)N2Cc1ccccc1. The highest BCUT2D eigenvalue weighted by molar-refractivity contribution is 6.07. The molecule has 0 radical (unpaired) electrons. The molecule has 1 aromatic heterocycles. The molecule has 7 heteroatoms. The van der Waals surface area contributed by atoms with Gasteiger partial charge < -0.3 is 9.80 Å². The van der Waals surface area contributed by atoms with Gasteiger partial charge in [0.15, 0.2) is 0 Å². The van der Waals surface area contributed by atoms with E-state index in [0.717, 1.165) is 11.1 Å². The van der Waals surface area contributed by atoms with Crippen molar-refractivity contribution in [1.82, 2.24) is 19.7 Å². The second-order valence-electron chi connectivity index (χ2n) is 7.73. The van der Waals surface area contributed by atoms with Gasteiger partial charge in [-0.1, -0.05) is 30.3 Å². The van der Waals surface area contributed by atoms with Crippen LogP contribution in [0.25, 0.3) is 0 Å². The van der Waals surface area contributed by atoms with Crippen LogP contribution >= 0.6 is 0 Å². The number of aryl methyl sites for hydroxylation is 1. The van der Waals surface area contributed by atoms with Crippen molar-refractivity contribution in [3.8, 4) is 0 Å². The number of carbonyl (C=O) groups is 3. The number of amides is 4. The minimum atomic E-state index is -0.886. The van der Waals surface area contributed by atoms with E-state index in [1.54, 1.807) is 22.2 Å². The molecule has 29 heavy (non-hydrogen) atoms. The molecule has 4 amide bonds. The number of likely N-dealkylation sites (N-methyl/N-ethyl adjacent to an activating group) is 1. The molecule has 1 spiro atoms. The Hall–Kier alpha value is -3.22. The smallest absolute Gasteiger partial charge is 0.327 e. The molecular formula is C22H24N4O3. The van der Waals surface area contributed by atoms with Gasteiger partial charge in [0.25, 0.3) is 11.8 Å². The van der Waals surface area contributed by atoms with Crippen molar-refractivity contribution in [3.05, 3.63) is 65.5 Å². The second-order valence-corrected chi connectivity index (χ2v) is 7.73. The van der Waals surface area contributed by atoms with Crippen LogP contribution in [0, 0.1) is 6.92 Å². The van der Waals surface area contributed by atoms with Crippen LogP contribution < -0.4 is 0 Å². The quantitative estimate of drug-likeness (QED) is 0.752. The normalized spacial score (nSPS) is 18.6. The number of imide groups is 1. The fourth-order valence-electron chi connectivity index (χ4n) is 4.29. The molecule has 2 fully saturated rings. The van der Waals surface area contributed by atoms with E-state index in [4.69, 9.17) is 0 Å². The van der Waals surface area contributed by atoms with Gasteiger partial charge >= 0.3 is 6.03 Å². The third kappa shape index (κ3) is 3.16. The van der Waals surface area contributed by atoms with Crippen molar-refractivity contribution in [2.75, 3.05) is 20.1 Å². The van der Waals surface area contributed by atoms with E-state index in [0.29, 0.717) is 38.0 Å². The summed E-state index contributed by atoms with van der Waals surface area (Å²) in [6, 6.07) is 11.2. The number of hydrogen-bond donors (Lipinski definition) is 0. The summed E-state index contributed by atoms with van der Waals surface area (Å²) in [6.07, 6.45) is 4.11. The monoisotopic (exact) mass is 392 g/mol. The van der Waals surface area contributed by atoms with Crippen molar-refractivity contribution in [2.45, 2.75) is 31.8 Å². The zero-order chi connectivity index (χ0) is 20.6. The number of carbonyl (C=O) groups excluding carboxylic acids is 3. The maximum Gasteiger partial charge on any atom is 0.327 e. The molecule has 2 aliphatic heterocycles. The highest BCUT2D eigenvalue weighted by Gasteiger charge is 2.57. The van der Waals surface area contributed by atoms with Gasteiger partial charge in [-0.25, -0.2) is 4.79 Å². The molecular weight excluding hydrogens is 368 g/mol. The molecule has 4 rings (SSSR count). The van der Waals surface area contributed by atoms with Crippen molar-refractivity contribution >= 4 is 17.8 Å². The summed E-state index contributed by atoms with van der Waals surface area (Å²) in [5, 5.41) is 0. The number of nitrogens with zero attached hydrogens (tertiary/aromatic N) is 4. The maximum atomic E-state index is 13.0. The number of benzene rings is 1. The van der Waals surface area contributed by atoms with Gasteiger partial charge in [0.1, 0.15) is 5.54 Å². The number of likely N-dealkylation sites (tertiary alicyclic amines) is 1. The first-order valence-electron chi connectivity index (χ1n) is 9.77. The molecule has 1 aromatic carbocycles. The highest BCUT2D eigenvalue weighted by Crippen LogP contribution is 2.38. The van der Waals surface area contributed by atoms with Crippen LogP contribution in [0.5, 0.6) is 0 Å². The summed E-state index contributed by atoms with van der Waals surface area (Å²) < 4.78 is 0. The van der Waals surface area contributed by atoms with Crippen LogP contribution in [0.2, 0.25) is 0 Å². The van der Waals surface area contributed by atoms with Crippen molar-refractivity contribution in [3.63, 3.8) is 0 Å². The van der Waals surface area contributed by atoms with E-state index in [-0.39, 0.29) is 17.8 Å². The summed E-state index contributed by atoms with van der Waals surface area (Å²) in [6.45, 7) is 3.11. The predicted molar refractivity (Wildman–Crippen MR) is 107 cm³/mol. The zero-order valence-electron chi connectivity index (χ0n) is 16.7. The van der Waals surface area contributed by atoms with Crippen molar-refractivity contribution < 1.29 is 14.4 Å². The molecule has 2 aliphatic rings. The van der Waals surface area contributed by atoms with E-state index >= 15 is 0 Å². The summed E-state index contributed by atoms with van der Waals surface area (Å²) in [5.41, 5.74) is 1.55. The lowest BCUT2D eigenvalue weighted by molar-refractivity contribution is -0.134. The predicted octanol–water partition coefficient (Wildman–Crippen LogP) is 2.46. The Bertz CT molecular complexity index is 952. The fraction of sp³-hybridized carbons (Fsp3) is 0.364. The largest absolute Gasteiger partial charge is 0.338 e. The van der Waals surface area contributed by atoms with E-state index in [2.05, 4.69) is 4.98 Å². The molecule has 0 aliphatic carbocycles. The lowest BCUT2D eigenvalue weighted by Crippen LogP contribution is -2.57. The van der Waals surface area contributed by atoms with Crippen LogP contribution in [-0.2, 0) is 11.3 Å². The minimum absolute atomic E-state index is 0.0785. The number of hydrogen-bond acceptors (Lipinski definition) is 4. The molecule has 0 unspecified atom stereocenters. The Morgan fingerprint density at radius 1 is 1.10 bits per heavy atom. The molecule has 0 saturated carbocycles. The molecule has 2 saturated heterocycles. The number of pyridine rings is 1. The second kappa shape index (κ2) is 7.31. The van der Waals surface area contributed by atoms with Crippen LogP contribution in [0.4, 0.5) is 4.79 Å². The minimum Gasteiger partial charge on any atom is -0.338 e. The number of urea groups is 1. The molecule has 7 nitrogen and oxygen atoms in total. The number of rotatable bonds is 3. The summed E-state index contributed by atoms with van der Waals surface area (Å²) in [4.78, 5) is 47.5. The Kier molecular flexibility index (Phi) is 4.82. The first-order valence-corrected chi connectivity index (χ1v) is 9.77. The van der Waals surface area contributed by atoms with Gasteiger partial charge in [-0.05, 0) is 37.0 Å². The van der Waals surface area contributed by atoms with Gasteiger partial charge in [0.05, 0.1) is 5.56 Å². The average Bonchev–Trinajstić information content (AvgIpc) is 2.91. The third-order valence-electron chi connectivity index (χ3n) is 6.07. The highest BCUT2D eigenvalue weighted by atomic mass is 16.2. The first kappa shape index (κ1) is 19.1. The van der Waals surface area contributed by atoms with E-state index in [9.17, 15) is 14.4 Å². The number of aromatic nitrogens is 1. The van der Waals surface area contributed by atoms with Gasteiger partial charge in [0.2, 0.25) is 0 Å². The summed E-state index contributed by atoms with van der Waals surface area (Å²) >= 11 is 0. The molecule has 2 aromatic rings. The van der Waals surface area contributed by atoms with Gasteiger partial charge in [-0.2, -0.15) is 0 Å². The third-order valence-corrected chi connectivity index (χ3v) is 6.07. The Labute approximate surface area is 169 Å². The summed E-state index contributed by atoms with van der Waals surface area (Å²) in [5.74, 6) is -0.256. The van der Waals surface area contributed by atoms with Crippen LogP contribution in [0.15, 0.2) is 48.8 Å². The molecule has 0 atom stereocenters. The fourth-order valence-corrected chi connectivity index (χ4v) is 4.29. The van der Waals surface area contributed by atoms with Crippen LogP contribution in [-0.4, -0.2) is 63.2 Å². The van der Waals surface area contributed by atoms with E-state index < -0.39 is 5.54 Å².